The minimum atomic E-state index is -0.630. The van der Waals surface area contributed by atoms with Crippen LogP contribution in [0.25, 0.3) is 0 Å². The molecule has 164 valence electrons. The number of ether oxygens (including phenoxy) is 1. The van der Waals surface area contributed by atoms with Crippen LogP contribution in [-0.2, 0) is 13.0 Å². The fourth-order valence-electron chi connectivity index (χ4n) is 3.12. The van der Waals surface area contributed by atoms with Crippen LogP contribution in [0.2, 0.25) is 0 Å². The fourth-order valence-corrected chi connectivity index (χ4v) is 3.96. The van der Waals surface area contributed by atoms with E-state index in [1.165, 1.54) is 23.5 Å². The molecular weight excluding hydrogens is 436 g/mol. The normalized spacial score (nSPS) is 10.9. The van der Waals surface area contributed by atoms with Crippen molar-refractivity contribution >= 4 is 22.4 Å². The molecule has 0 radical (unpaired) electrons. The minimum Gasteiger partial charge on any atom is -0.489 e. The average molecular weight is 455 g/mol. The van der Waals surface area contributed by atoms with Gasteiger partial charge in [-0.2, -0.15) is 0 Å². The van der Waals surface area contributed by atoms with Crippen LogP contribution in [-0.4, -0.2) is 16.0 Å². The topological polar surface area (TPSA) is 77.2 Å². The van der Waals surface area contributed by atoms with Gasteiger partial charge in [-0.25, -0.2) is 13.8 Å². The third-order valence-corrected chi connectivity index (χ3v) is 5.65. The quantitative estimate of drug-likeness (QED) is 0.401. The molecule has 2 aromatic heterocycles. The van der Waals surface area contributed by atoms with Crippen LogP contribution in [0.3, 0.4) is 0 Å². The molecule has 0 aliphatic carbocycles. The van der Waals surface area contributed by atoms with Crippen molar-refractivity contribution < 1.29 is 22.8 Å². The van der Waals surface area contributed by atoms with Gasteiger partial charge < -0.3 is 9.26 Å². The Labute approximate surface area is 186 Å². The van der Waals surface area contributed by atoms with Gasteiger partial charge in [0.25, 0.3) is 5.91 Å². The first-order valence-corrected chi connectivity index (χ1v) is 10.5. The molecule has 0 fully saturated rings. The highest BCUT2D eigenvalue weighted by atomic mass is 32.1. The number of benzene rings is 2. The lowest BCUT2D eigenvalue weighted by molar-refractivity contribution is 0.102. The fraction of sp³-hybridized carbons (Fsp3) is 0.174. The first-order valence-electron chi connectivity index (χ1n) is 9.73. The Bertz CT molecular complexity index is 1230. The molecule has 0 aliphatic heterocycles. The lowest BCUT2D eigenvalue weighted by Crippen LogP contribution is -2.11. The predicted octanol–water partition coefficient (Wildman–Crippen LogP) is 5.45. The summed E-state index contributed by atoms with van der Waals surface area (Å²) in [6.45, 7) is 3.94. The van der Waals surface area contributed by atoms with Gasteiger partial charge in [0, 0.05) is 29.1 Å². The number of carbonyl (C=O) groups is 1. The number of thiazole rings is 1. The summed E-state index contributed by atoms with van der Waals surface area (Å²) >= 11 is 1.24. The summed E-state index contributed by atoms with van der Waals surface area (Å²) < 4.78 is 37.7. The van der Waals surface area contributed by atoms with Crippen LogP contribution in [0.5, 0.6) is 5.75 Å². The summed E-state index contributed by atoms with van der Waals surface area (Å²) in [5.74, 6) is -0.378. The molecule has 1 N–H and O–H groups in total. The highest BCUT2D eigenvalue weighted by Gasteiger charge is 2.13. The van der Waals surface area contributed by atoms with E-state index in [9.17, 15) is 13.6 Å². The molecule has 0 atom stereocenters. The Kier molecular flexibility index (Phi) is 6.27. The molecule has 32 heavy (non-hydrogen) atoms. The number of nitrogens with one attached hydrogen (secondary N) is 1. The average Bonchev–Trinajstić information content (AvgIpc) is 3.31. The van der Waals surface area contributed by atoms with Crippen LogP contribution < -0.4 is 10.1 Å². The van der Waals surface area contributed by atoms with Gasteiger partial charge in [-0.05, 0) is 49.7 Å². The van der Waals surface area contributed by atoms with E-state index < -0.39 is 11.6 Å². The number of carbonyl (C=O) groups excluding carboxylic acids is 1. The lowest BCUT2D eigenvalue weighted by atomic mass is 10.1. The van der Waals surface area contributed by atoms with E-state index in [0.717, 1.165) is 22.2 Å². The molecule has 0 unspecified atom stereocenters. The highest BCUT2D eigenvalue weighted by Crippen LogP contribution is 2.24. The van der Waals surface area contributed by atoms with Crippen molar-refractivity contribution in [1.82, 2.24) is 10.1 Å². The molecular formula is C23H19F2N3O3S. The highest BCUT2D eigenvalue weighted by molar-refractivity contribution is 7.15. The van der Waals surface area contributed by atoms with Gasteiger partial charge in [0.15, 0.2) is 5.13 Å². The van der Waals surface area contributed by atoms with E-state index in [-0.39, 0.29) is 12.5 Å². The zero-order chi connectivity index (χ0) is 22.7. The third kappa shape index (κ3) is 5.17. The Morgan fingerprint density at radius 2 is 1.94 bits per heavy atom. The number of halogens is 2. The van der Waals surface area contributed by atoms with E-state index in [0.29, 0.717) is 34.2 Å². The molecule has 9 heteroatoms. The van der Waals surface area contributed by atoms with Crippen molar-refractivity contribution in [2.24, 2.45) is 0 Å². The zero-order valence-electron chi connectivity index (χ0n) is 17.3. The number of hydrogen-bond acceptors (Lipinski definition) is 6. The van der Waals surface area contributed by atoms with Gasteiger partial charge in [0.05, 0.1) is 11.3 Å². The van der Waals surface area contributed by atoms with E-state index in [1.807, 2.05) is 13.8 Å². The summed E-state index contributed by atoms with van der Waals surface area (Å²) in [7, 11) is 0. The SMILES string of the molecule is Cc1noc(C)c1COc1cccc(C(=O)Nc2ncc(Cc3cc(F)cc(F)c3)s2)c1. The second-order valence-corrected chi connectivity index (χ2v) is 8.27. The molecule has 6 nitrogen and oxygen atoms in total. The molecule has 0 bridgehead atoms. The van der Waals surface area contributed by atoms with Gasteiger partial charge >= 0.3 is 0 Å². The number of aryl methyl sites for hydroxylation is 2. The smallest absolute Gasteiger partial charge is 0.257 e. The van der Waals surface area contributed by atoms with Gasteiger partial charge in [-0.15, -0.1) is 11.3 Å². The van der Waals surface area contributed by atoms with Crippen LogP contribution >= 0.6 is 11.3 Å². The molecule has 2 heterocycles. The molecule has 1 amide bonds. The molecule has 0 aliphatic rings. The van der Waals surface area contributed by atoms with Crippen LogP contribution in [0, 0.1) is 25.5 Å². The number of nitrogens with zero attached hydrogens (tertiary/aromatic N) is 2. The van der Waals surface area contributed by atoms with Crippen molar-refractivity contribution in [2.75, 3.05) is 5.32 Å². The monoisotopic (exact) mass is 455 g/mol. The van der Waals surface area contributed by atoms with Crippen molar-refractivity contribution in [3.8, 4) is 5.75 Å². The van der Waals surface area contributed by atoms with Crippen LogP contribution in [0.15, 0.2) is 53.2 Å². The largest absolute Gasteiger partial charge is 0.489 e. The maximum Gasteiger partial charge on any atom is 0.257 e. The Morgan fingerprint density at radius 3 is 2.66 bits per heavy atom. The first kappa shape index (κ1) is 21.6. The van der Waals surface area contributed by atoms with Crippen molar-refractivity contribution in [1.29, 1.82) is 0 Å². The van der Waals surface area contributed by atoms with Crippen LogP contribution in [0.1, 0.15) is 37.8 Å². The third-order valence-electron chi connectivity index (χ3n) is 4.74. The van der Waals surface area contributed by atoms with Gasteiger partial charge in [0.2, 0.25) is 0 Å². The van der Waals surface area contributed by atoms with E-state index in [1.54, 1.807) is 30.5 Å². The standard InChI is InChI=1S/C23H19F2N3O3S/c1-13-21(14(2)31-28-13)12-30-19-5-3-4-16(9-19)22(29)27-23-26-11-20(32-23)8-15-6-17(24)10-18(25)7-15/h3-7,9-11H,8,12H2,1-2H3,(H,26,27,29). The summed E-state index contributed by atoms with van der Waals surface area (Å²) in [6.07, 6.45) is 1.89. The Morgan fingerprint density at radius 1 is 1.16 bits per heavy atom. The molecule has 0 saturated heterocycles. The molecule has 4 rings (SSSR count). The van der Waals surface area contributed by atoms with Crippen molar-refractivity contribution in [3.63, 3.8) is 0 Å². The van der Waals surface area contributed by atoms with Crippen molar-refractivity contribution in [2.45, 2.75) is 26.9 Å². The van der Waals surface area contributed by atoms with Gasteiger partial charge in [-0.1, -0.05) is 11.2 Å². The number of hydrogen-bond donors (Lipinski definition) is 1. The number of amides is 1. The lowest BCUT2D eigenvalue weighted by Gasteiger charge is -2.08. The molecule has 0 saturated carbocycles. The van der Waals surface area contributed by atoms with E-state index in [2.05, 4.69) is 15.5 Å². The molecule has 2 aromatic carbocycles. The number of aromatic nitrogens is 2. The first-order chi connectivity index (χ1) is 15.4. The van der Waals surface area contributed by atoms with Crippen molar-refractivity contribution in [3.05, 3.63) is 93.3 Å². The predicted molar refractivity (Wildman–Crippen MR) is 116 cm³/mol. The second kappa shape index (κ2) is 9.27. The molecule has 4 aromatic rings. The zero-order valence-corrected chi connectivity index (χ0v) is 18.1. The second-order valence-electron chi connectivity index (χ2n) is 7.16. The maximum absolute atomic E-state index is 13.4. The molecule has 0 spiro atoms. The summed E-state index contributed by atoms with van der Waals surface area (Å²) in [4.78, 5) is 17.6. The summed E-state index contributed by atoms with van der Waals surface area (Å²) in [6, 6.07) is 10.2. The van der Waals surface area contributed by atoms with E-state index in [4.69, 9.17) is 9.26 Å². The number of rotatable bonds is 7. The Hall–Kier alpha value is -3.59. The van der Waals surface area contributed by atoms with E-state index >= 15 is 0 Å². The Balaban J connectivity index is 1.39. The number of anilines is 1. The minimum absolute atomic E-state index is 0.281. The summed E-state index contributed by atoms with van der Waals surface area (Å²) in [5, 5.41) is 7.03. The van der Waals surface area contributed by atoms with Gasteiger partial charge in [-0.3, -0.25) is 10.1 Å². The maximum atomic E-state index is 13.4. The van der Waals surface area contributed by atoms with Crippen LogP contribution in [0.4, 0.5) is 13.9 Å². The summed E-state index contributed by atoms with van der Waals surface area (Å²) in [5.41, 5.74) is 2.53. The van der Waals surface area contributed by atoms with Gasteiger partial charge in [0.1, 0.15) is 29.8 Å².